The number of fused-ring (bicyclic) bond motifs is 1. The Morgan fingerprint density at radius 3 is 3.38 bits per heavy atom. The quantitative estimate of drug-likeness (QED) is 0.736. The Morgan fingerprint density at radius 2 is 2.62 bits per heavy atom. The maximum Gasteiger partial charge on any atom is 0.303 e. The van der Waals surface area contributed by atoms with Gasteiger partial charge in [-0.05, 0) is 12.3 Å². The second kappa shape index (κ2) is 3.20. The molecule has 13 heavy (non-hydrogen) atoms. The van der Waals surface area contributed by atoms with Gasteiger partial charge in [0.05, 0.1) is 0 Å². The number of imidazole rings is 1. The molecule has 0 saturated carbocycles. The number of aliphatic carboxylic acids is 1. The predicted molar refractivity (Wildman–Crippen MR) is 46.3 cm³/mol. The standard InChI is InChI=1S/C9H12N2O2/c12-9(13)6-7-1-3-11-4-2-10-8(11)5-7/h2,4,7H,1,3,5-6H2,(H,12,13). The smallest absolute Gasteiger partial charge is 0.303 e. The van der Waals surface area contributed by atoms with Crippen molar-refractivity contribution in [1.82, 2.24) is 9.55 Å². The largest absolute Gasteiger partial charge is 0.481 e. The summed E-state index contributed by atoms with van der Waals surface area (Å²) in [7, 11) is 0. The van der Waals surface area contributed by atoms with Crippen molar-refractivity contribution in [2.75, 3.05) is 0 Å². The minimum atomic E-state index is -0.704. The molecule has 0 fully saturated rings. The van der Waals surface area contributed by atoms with Crippen molar-refractivity contribution in [2.45, 2.75) is 25.8 Å². The molecule has 70 valence electrons. The van der Waals surface area contributed by atoms with Crippen LogP contribution in [0, 0.1) is 5.92 Å². The number of nitrogens with zero attached hydrogens (tertiary/aromatic N) is 2. The van der Waals surface area contributed by atoms with Gasteiger partial charge in [-0.2, -0.15) is 0 Å². The highest BCUT2D eigenvalue weighted by Gasteiger charge is 2.20. The van der Waals surface area contributed by atoms with Gasteiger partial charge in [0.2, 0.25) is 0 Å². The Bertz CT molecular complexity index is 319. The highest BCUT2D eigenvalue weighted by atomic mass is 16.4. The average molecular weight is 180 g/mol. The zero-order chi connectivity index (χ0) is 9.26. The summed E-state index contributed by atoms with van der Waals surface area (Å²) in [5, 5.41) is 8.64. The molecule has 1 aromatic heterocycles. The maximum absolute atomic E-state index is 10.5. The fourth-order valence-corrected chi connectivity index (χ4v) is 1.84. The molecule has 0 spiro atoms. The van der Waals surface area contributed by atoms with Gasteiger partial charge in [0.1, 0.15) is 5.82 Å². The van der Waals surface area contributed by atoms with Crippen molar-refractivity contribution in [3.8, 4) is 0 Å². The third kappa shape index (κ3) is 1.71. The van der Waals surface area contributed by atoms with E-state index in [1.165, 1.54) is 0 Å². The average Bonchev–Trinajstić information content (AvgIpc) is 2.49. The van der Waals surface area contributed by atoms with Crippen LogP contribution >= 0.6 is 0 Å². The van der Waals surface area contributed by atoms with Crippen molar-refractivity contribution in [2.24, 2.45) is 5.92 Å². The molecule has 1 unspecified atom stereocenters. The van der Waals surface area contributed by atoms with Crippen LogP contribution in [0.15, 0.2) is 12.4 Å². The number of aromatic nitrogens is 2. The van der Waals surface area contributed by atoms with Crippen LogP contribution in [0.2, 0.25) is 0 Å². The molecule has 2 rings (SSSR count). The first kappa shape index (κ1) is 8.29. The van der Waals surface area contributed by atoms with Crippen molar-refractivity contribution < 1.29 is 9.90 Å². The molecule has 0 amide bonds. The van der Waals surface area contributed by atoms with Crippen LogP contribution in [-0.2, 0) is 17.8 Å². The summed E-state index contributed by atoms with van der Waals surface area (Å²) < 4.78 is 2.10. The lowest BCUT2D eigenvalue weighted by atomic mass is 9.94. The molecule has 4 nitrogen and oxygen atoms in total. The number of carboxylic acids is 1. The molecule has 0 aliphatic carbocycles. The molecule has 1 aromatic rings. The zero-order valence-electron chi connectivity index (χ0n) is 7.31. The minimum Gasteiger partial charge on any atom is -0.481 e. The number of carbonyl (C=O) groups is 1. The molecule has 4 heteroatoms. The van der Waals surface area contributed by atoms with Crippen molar-refractivity contribution >= 4 is 5.97 Å². The van der Waals surface area contributed by atoms with Crippen molar-refractivity contribution in [3.05, 3.63) is 18.2 Å². The summed E-state index contributed by atoms with van der Waals surface area (Å²) in [6, 6.07) is 0. The normalized spacial score (nSPS) is 21.1. The van der Waals surface area contributed by atoms with Gasteiger partial charge in [0.25, 0.3) is 0 Å². The molecule has 2 heterocycles. The fourth-order valence-electron chi connectivity index (χ4n) is 1.84. The van der Waals surface area contributed by atoms with Gasteiger partial charge in [0.15, 0.2) is 0 Å². The molecule has 0 bridgehead atoms. The SMILES string of the molecule is O=C(O)CC1CCn2ccnc2C1. The Kier molecular flexibility index (Phi) is 2.04. The van der Waals surface area contributed by atoms with Gasteiger partial charge in [0, 0.05) is 31.8 Å². The number of aryl methyl sites for hydroxylation is 1. The monoisotopic (exact) mass is 180 g/mol. The zero-order valence-corrected chi connectivity index (χ0v) is 7.31. The van der Waals surface area contributed by atoms with Crippen LogP contribution in [0.25, 0.3) is 0 Å². The van der Waals surface area contributed by atoms with E-state index in [2.05, 4.69) is 9.55 Å². The summed E-state index contributed by atoms with van der Waals surface area (Å²) in [6.45, 7) is 0.910. The second-order valence-corrected chi connectivity index (χ2v) is 3.49. The summed E-state index contributed by atoms with van der Waals surface area (Å²) in [4.78, 5) is 14.7. The Morgan fingerprint density at radius 1 is 1.77 bits per heavy atom. The van der Waals surface area contributed by atoms with Gasteiger partial charge < -0.3 is 9.67 Å². The fraction of sp³-hybridized carbons (Fsp3) is 0.556. The molecule has 1 aliphatic heterocycles. The summed E-state index contributed by atoms with van der Waals surface area (Å²) in [5.74, 6) is 0.593. The number of hydrogen-bond donors (Lipinski definition) is 1. The first-order valence-corrected chi connectivity index (χ1v) is 4.47. The van der Waals surface area contributed by atoms with E-state index in [0.717, 1.165) is 25.2 Å². The lowest BCUT2D eigenvalue weighted by molar-refractivity contribution is -0.138. The van der Waals surface area contributed by atoms with Crippen LogP contribution in [0.5, 0.6) is 0 Å². The predicted octanol–water partition coefficient (Wildman–Crippen LogP) is 0.920. The number of hydrogen-bond acceptors (Lipinski definition) is 2. The molecule has 1 N–H and O–H groups in total. The highest BCUT2D eigenvalue weighted by Crippen LogP contribution is 2.21. The van der Waals surface area contributed by atoms with Crippen LogP contribution in [-0.4, -0.2) is 20.6 Å². The topological polar surface area (TPSA) is 55.1 Å². The molecule has 0 aromatic carbocycles. The molecular formula is C9H12N2O2. The first-order valence-electron chi connectivity index (χ1n) is 4.47. The van der Waals surface area contributed by atoms with E-state index in [1.807, 2.05) is 6.20 Å². The van der Waals surface area contributed by atoms with E-state index in [1.54, 1.807) is 6.20 Å². The van der Waals surface area contributed by atoms with E-state index < -0.39 is 5.97 Å². The Balaban J connectivity index is 2.04. The van der Waals surface area contributed by atoms with E-state index in [-0.39, 0.29) is 12.3 Å². The lowest BCUT2D eigenvalue weighted by Crippen LogP contribution is -2.21. The molecule has 1 aliphatic rings. The molecular weight excluding hydrogens is 168 g/mol. The third-order valence-corrected chi connectivity index (χ3v) is 2.51. The molecule has 0 radical (unpaired) electrons. The summed E-state index contributed by atoms with van der Waals surface area (Å²) in [5.41, 5.74) is 0. The lowest BCUT2D eigenvalue weighted by Gasteiger charge is -2.21. The van der Waals surface area contributed by atoms with E-state index >= 15 is 0 Å². The van der Waals surface area contributed by atoms with Crippen LogP contribution in [0.1, 0.15) is 18.7 Å². The maximum atomic E-state index is 10.5. The van der Waals surface area contributed by atoms with E-state index in [9.17, 15) is 4.79 Å². The molecule has 0 saturated heterocycles. The second-order valence-electron chi connectivity index (χ2n) is 3.49. The van der Waals surface area contributed by atoms with Gasteiger partial charge >= 0.3 is 5.97 Å². The van der Waals surface area contributed by atoms with Gasteiger partial charge in [-0.15, -0.1) is 0 Å². The third-order valence-electron chi connectivity index (χ3n) is 2.51. The van der Waals surface area contributed by atoms with Crippen LogP contribution < -0.4 is 0 Å². The van der Waals surface area contributed by atoms with Gasteiger partial charge in [-0.3, -0.25) is 4.79 Å². The molecule has 1 atom stereocenters. The number of rotatable bonds is 2. The summed E-state index contributed by atoms with van der Waals surface area (Å²) >= 11 is 0. The Hall–Kier alpha value is -1.32. The van der Waals surface area contributed by atoms with Crippen LogP contribution in [0.4, 0.5) is 0 Å². The van der Waals surface area contributed by atoms with E-state index in [4.69, 9.17) is 5.11 Å². The van der Waals surface area contributed by atoms with Crippen molar-refractivity contribution in [1.29, 1.82) is 0 Å². The Labute approximate surface area is 76.2 Å². The van der Waals surface area contributed by atoms with Gasteiger partial charge in [-0.1, -0.05) is 0 Å². The van der Waals surface area contributed by atoms with Gasteiger partial charge in [-0.25, -0.2) is 4.98 Å². The van der Waals surface area contributed by atoms with E-state index in [0.29, 0.717) is 0 Å². The first-order chi connectivity index (χ1) is 6.25. The summed E-state index contributed by atoms with van der Waals surface area (Å²) in [6.07, 6.45) is 5.76. The minimum absolute atomic E-state index is 0.271. The number of carboxylic acid groups (broad SMARTS) is 1. The van der Waals surface area contributed by atoms with Crippen LogP contribution in [0.3, 0.4) is 0 Å². The highest BCUT2D eigenvalue weighted by molar-refractivity contribution is 5.67. The van der Waals surface area contributed by atoms with Crippen molar-refractivity contribution in [3.63, 3.8) is 0 Å².